The average molecular weight is 368 g/mol. The van der Waals surface area contributed by atoms with Crippen molar-refractivity contribution < 1.29 is 42.9 Å². The van der Waals surface area contributed by atoms with Crippen LogP contribution in [0.25, 0.3) is 0 Å². The lowest BCUT2D eigenvalue weighted by Crippen LogP contribution is -3.00. The Balaban J connectivity index is -0.000000980. The van der Waals surface area contributed by atoms with Crippen molar-refractivity contribution in [2.45, 2.75) is 6.42 Å². The number of nitrogens with zero attached hydrogens (tertiary/aromatic N) is 2. The highest BCUT2D eigenvalue weighted by atomic mass is 79.9. The predicted octanol–water partition coefficient (Wildman–Crippen LogP) is -5.20. The first-order valence-electron chi connectivity index (χ1n) is 5.34. The Morgan fingerprint density at radius 3 is 1.29 bits per heavy atom. The van der Waals surface area contributed by atoms with Crippen LogP contribution in [0, 0.1) is 24.7 Å². The maximum Gasteiger partial charge on any atom is 0.140 e. The molecule has 0 aliphatic carbocycles. The molecule has 0 N–H and O–H groups in total. The Morgan fingerprint density at radius 2 is 1.06 bits per heavy atom. The van der Waals surface area contributed by atoms with Gasteiger partial charge in [-0.15, -0.1) is 12.8 Å². The molecule has 2 nitrogen and oxygen atoms in total. The van der Waals surface area contributed by atoms with Crippen LogP contribution in [0.3, 0.4) is 0 Å². The van der Waals surface area contributed by atoms with E-state index in [1.54, 1.807) is 0 Å². The normalized spacial score (nSPS) is 10.5. The van der Waals surface area contributed by atoms with E-state index in [9.17, 15) is 0 Å². The van der Waals surface area contributed by atoms with Crippen molar-refractivity contribution >= 4 is 0 Å². The topological polar surface area (TPSA) is 0 Å². The van der Waals surface area contributed by atoms with Gasteiger partial charge in [-0.05, 0) is 11.8 Å². The minimum Gasteiger partial charge on any atom is -1.00 e. The summed E-state index contributed by atoms with van der Waals surface area (Å²) < 4.78 is 1.79. The minimum atomic E-state index is 0. The summed E-state index contributed by atoms with van der Waals surface area (Å²) in [5.74, 6) is 5.43. The molecular formula is C13H24Br2N2. The predicted molar refractivity (Wildman–Crippen MR) is 66.0 cm³/mol. The molecule has 0 heterocycles. The van der Waals surface area contributed by atoms with E-state index in [0.717, 1.165) is 41.6 Å². The summed E-state index contributed by atoms with van der Waals surface area (Å²) in [7, 11) is 8.67. The fraction of sp³-hybridized carbons (Fsp3) is 0.692. The van der Waals surface area contributed by atoms with Crippen LogP contribution < -0.4 is 34.0 Å². The molecule has 0 aromatic heterocycles. The summed E-state index contributed by atoms with van der Waals surface area (Å²) in [6, 6.07) is 0. The molecule has 0 aromatic rings. The van der Waals surface area contributed by atoms with Gasteiger partial charge in [0.05, 0.1) is 41.3 Å². The van der Waals surface area contributed by atoms with Crippen LogP contribution in [-0.4, -0.2) is 63.3 Å². The second-order valence-corrected chi connectivity index (χ2v) is 5.40. The highest BCUT2D eigenvalue weighted by Gasteiger charge is 2.17. The first-order valence-corrected chi connectivity index (χ1v) is 5.34. The molecule has 0 unspecified atom stereocenters. The van der Waals surface area contributed by atoms with Gasteiger partial charge in [-0.25, -0.2) is 0 Å². The summed E-state index contributed by atoms with van der Waals surface area (Å²) in [4.78, 5) is 0. The van der Waals surface area contributed by atoms with Crippen LogP contribution in [0.2, 0.25) is 0 Å². The zero-order valence-electron chi connectivity index (χ0n) is 11.3. The van der Waals surface area contributed by atoms with Crippen molar-refractivity contribution in [2.75, 3.05) is 54.4 Å². The number of halogens is 2. The van der Waals surface area contributed by atoms with Gasteiger partial charge in [0.1, 0.15) is 13.1 Å². The van der Waals surface area contributed by atoms with E-state index in [-0.39, 0.29) is 34.0 Å². The van der Waals surface area contributed by atoms with Crippen LogP contribution >= 0.6 is 0 Å². The van der Waals surface area contributed by atoms with Gasteiger partial charge in [-0.3, -0.25) is 0 Å². The zero-order valence-corrected chi connectivity index (χ0v) is 14.5. The first kappa shape index (κ1) is 22.2. The van der Waals surface area contributed by atoms with Crippen molar-refractivity contribution in [2.24, 2.45) is 0 Å². The van der Waals surface area contributed by atoms with Gasteiger partial charge in [-0.1, -0.05) is 0 Å². The number of rotatable bonds is 6. The van der Waals surface area contributed by atoms with Crippen molar-refractivity contribution in [3.63, 3.8) is 0 Å². The Kier molecular flexibility index (Phi) is 13.0. The van der Waals surface area contributed by atoms with Gasteiger partial charge >= 0.3 is 0 Å². The maximum absolute atomic E-state index is 5.32. The average Bonchev–Trinajstić information content (AvgIpc) is 2.02. The van der Waals surface area contributed by atoms with Crippen LogP contribution in [0.1, 0.15) is 6.42 Å². The Morgan fingerprint density at radius 1 is 0.765 bits per heavy atom. The summed E-state index contributed by atoms with van der Waals surface area (Å²) >= 11 is 0. The van der Waals surface area contributed by atoms with E-state index >= 15 is 0 Å². The quantitative estimate of drug-likeness (QED) is 0.325. The van der Waals surface area contributed by atoms with Gasteiger partial charge in [0.2, 0.25) is 0 Å². The molecule has 0 aliphatic rings. The fourth-order valence-electron chi connectivity index (χ4n) is 1.58. The molecule has 0 saturated carbocycles. The van der Waals surface area contributed by atoms with Crippen LogP contribution in [0.5, 0.6) is 0 Å². The molecule has 0 bridgehead atoms. The van der Waals surface area contributed by atoms with Gasteiger partial charge in [0, 0.05) is 6.42 Å². The summed E-state index contributed by atoms with van der Waals surface area (Å²) in [5.41, 5.74) is 0. The van der Waals surface area contributed by atoms with E-state index in [1.807, 2.05) is 0 Å². The van der Waals surface area contributed by atoms with Gasteiger partial charge in [0.15, 0.2) is 0 Å². The van der Waals surface area contributed by atoms with Crippen molar-refractivity contribution in [3.8, 4) is 24.7 Å². The van der Waals surface area contributed by atoms with Crippen LogP contribution in [0.15, 0.2) is 0 Å². The number of hydrogen-bond donors (Lipinski definition) is 0. The molecule has 17 heavy (non-hydrogen) atoms. The maximum atomic E-state index is 5.32. The molecule has 0 aliphatic heterocycles. The monoisotopic (exact) mass is 366 g/mol. The van der Waals surface area contributed by atoms with E-state index < -0.39 is 0 Å². The third-order valence-electron chi connectivity index (χ3n) is 2.57. The molecule has 0 radical (unpaired) electrons. The molecule has 0 fully saturated rings. The van der Waals surface area contributed by atoms with Gasteiger partial charge < -0.3 is 42.9 Å². The third-order valence-corrected chi connectivity index (χ3v) is 2.57. The van der Waals surface area contributed by atoms with E-state index in [4.69, 9.17) is 12.8 Å². The molecule has 0 aromatic carbocycles. The lowest BCUT2D eigenvalue weighted by atomic mass is 10.3. The Labute approximate surface area is 128 Å². The first-order chi connectivity index (χ1) is 6.83. The molecule has 4 heteroatoms. The second kappa shape index (κ2) is 9.97. The molecule has 0 spiro atoms. The third kappa shape index (κ3) is 12.2. The Hall–Kier alpha value is 0. The number of hydrogen-bond acceptors (Lipinski definition) is 0. The number of terminal acetylenes is 2. The molecule has 0 atom stereocenters. The van der Waals surface area contributed by atoms with E-state index in [2.05, 4.69) is 40.0 Å². The van der Waals surface area contributed by atoms with Gasteiger partial charge in [0.25, 0.3) is 0 Å². The zero-order chi connectivity index (χ0) is 11.9. The summed E-state index contributed by atoms with van der Waals surface area (Å²) in [6.45, 7) is 3.80. The van der Waals surface area contributed by atoms with Crippen LogP contribution in [0.4, 0.5) is 0 Å². The lowest BCUT2D eigenvalue weighted by molar-refractivity contribution is -0.902. The van der Waals surface area contributed by atoms with Gasteiger partial charge in [-0.2, -0.15) is 0 Å². The molecular weight excluding hydrogens is 344 g/mol. The number of quaternary nitrogens is 2. The molecule has 0 amide bonds. The smallest absolute Gasteiger partial charge is 0.140 e. The summed E-state index contributed by atoms with van der Waals surface area (Å²) in [6.07, 6.45) is 11.8. The largest absolute Gasteiger partial charge is 1.00 e. The minimum absolute atomic E-state index is 0. The fourth-order valence-corrected chi connectivity index (χ4v) is 1.58. The summed E-state index contributed by atoms with van der Waals surface area (Å²) in [5, 5.41) is 0. The highest BCUT2D eigenvalue weighted by molar-refractivity contribution is 4.83. The van der Waals surface area contributed by atoms with Crippen molar-refractivity contribution in [1.29, 1.82) is 0 Å². The molecule has 0 saturated heterocycles. The SMILES string of the molecule is C#CC[N+](C)(C)CCC[N+](C)(C)CC#C.[Br-].[Br-]. The van der Waals surface area contributed by atoms with Crippen molar-refractivity contribution in [1.82, 2.24) is 0 Å². The standard InChI is InChI=1S/C13H24N2.2BrH/c1-7-10-14(3,4)12-9-13-15(5,6)11-8-2;;/h1-2H,9-13H2,3-6H3;2*1H/q+2;;/p-2. The van der Waals surface area contributed by atoms with Crippen molar-refractivity contribution in [3.05, 3.63) is 0 Å². The van der Waals surface area contributed by atoms with E-state index in [1.165, 1.54) is 0 Å². The lowest BCUT2D eigenvalue weighted by Gasteiger charge is -2.31. The van der Waals surface area contributed by atoms with Crippen LogP contribution in [-0.2, 0) is 0 Å². The Bertz CT molecular complexity index is 244. The highest BCUT2D eigenvalue weighted by Crippen LogP contribution is 2.03. The van der Waals surface area contributed by atoms with E-state index in [0.29, 0.717) is 0 Å². The molecule has 100 valence electrons. The molecule has 0 rings (SSSR count). The second-order valence-electron chi connectivity index (χ2n) is 5.40.